The largest absolute Gasteiger partial charge is 0.477 e. The first-order valence-electron chi connectivity index (χ1n) is 6.31. The van der Waals surface area contributed by atoms with Gasteiger partial charge in [0.25, 0.3) is 5.91 Å². The highest BCUT2D eigenvalue weighted by Gasteiger charge is 2.22. The normalized spacial score (nSPS) is 10.5. The molecule has 110 valence electrons. The predicted molar refractivity (Wildman–Crippen MR) is 84.1 cm³/mol. The standard InChI is InChI=1S/C15H15BrN2O3/c1-7-5-4-6-10(12(7)16)18-14(19)11-8(2)13(15(20)21)17-9(11)3/h4-6,17H,1-3H3,(H,18,19)(H,20,21). The second-order valence-corrected chi connectivity index (χ2v) is 5.61. The SMILES string of the molecule is Cc1cccc(NC(=O)c2c(C)[nH]c(C(=O)O)c2C)c1Br. The van der Waals surface area contributed by atoms with Crippen molar-refractivity contribution >= 4 is 33.5 Å². The fourth-order valence-electron chi connectivity index (χ4n) is 2.23. The predicted octanol–water partition coefficient (Wildman–Crippen LogP) is 3.65. The number of aromatic carboxylic acids is 1. The lowest BCUT2D eigenvalue weighted by molar-refractivity contribution is 0.0690. The minimum absolute atomic E-state index is 0.0426. The van der Waals surface area contributed by atoms with Gasteiger partial charge in [0, 0.05) is 10.2 Å². The van der Waals surface area contributed by atoms with E-state index >= 15 is 0 Å². The molecule has 0 atom stereocenters. The second kappa shape index (κ2) is 5.73. The number of rotatable bonds is 3. The van der Waals surface area contributed by atoms with Crippen molar-refractivity contribution in [1.82, 2.24) is 4.98 Å². The maximum atomic E-state index is 12.4. The third-order valence-electron chi connectivity index (χ3n) is 3.32. The van der Waals surface area contributed by atoms with Crippen molar-refractivity contribution in [2.24, 2.45) is 0 Å². The number of carboxylic acids is 1. The molecule has 1 amide bonds. The molecule has 0 unspecified atom stereocenters. The molecule has 5 nitrogen and oxygen atoms in total. The Kier molecular flexibility index (Phi) is 4.18. The van der Waals surface area contributed by atoms with E-state index in [-0.39, 0.29) is 11.6 Å². The summed E-state index contributed by atoms with van der Waals surface area (Å²) in [6.45, 7) is 5.22. The molecule has 1 heterocycles. The molecule has 2 aromatic rings. The number of aromatic amines is 1. The fraction of sp³-hybridized carbons (Fsp3) is 0.200. The quantitative estimate of drug-likeness (QED) is 0.789. The van der Waals surface area contributed by atoms with Crippen LogP contribution >= 0.6 is 15.9 Å². The van der Waals surface area contributed by atoms with Crippen LogP contribution in [0.1, 0.15) is 37.7 Å². The molecule has 0 aliphatic carbocycles. The molecular formula is C15H15BrN2O3. The van der Waals surface area contributed by atoms with Crippen LogP contribution in [0.15, 0.2) is 22.7 Å². The monoisotopic (exact) mass is 350 g/mol. The molecule has 0 fully saturated rings. The van der Waals surface area contributed by atoms with Gasteiger partial charge < -0.3 is 15.4 Å². The maximum absolute atomic E-state index is 12.4. The number of halogens is 1. The van der Waals surface area contributed by atoms with E-state index in [2.05, 4.69) is 26.2 Å². The minimum Gasteiger partial charge on any atom is -0.477 e. The molecule has 0 spiro atoms. The first kappa shape index (κ1) is 15.3. The van der Waals surface area contributed by atoms with E-state index in [4.69, 9.17) is 5.11 Å². The summed E-state index contributed by atoms with van der Waals surface area (Å²) in [5.41, 5.74) is 3.02. The fourth-order valence-corrected chi connectivity index (χ4v) is 2.60. The highest BCUT2D eigenvalue weighted by Crippen LogP contribution is 2.27. The van der Waals surface area contributed by atoms with E-state index in [0.717, 1.165) is 10.0 Å². The van der Waals surface area contributed by atoms with Crippen molar-refractivity contribution in [2.75, 3.05) is 5.32 Å². The lowest BCUT2D eigenvalue weighted by atomic mass is 10.1. The summed E-state index contributed by atoms with van der Waals surface area (Å²) in [4.78, 5) is 26.2. The summed E-state index contributed by atoms with van der Waals surface area (Å²) in [6.07, 6.45) is 0. The summed E-state index contributed by atoms with van der Waals surface area (Å²) in [6, 6.07) is 5.55. The number of carboxylic acid groups (broad SMARTS) is 1. The van der Waals surface area contributed by atoms with Gasteiger partial charge in [-0.2, -0.15) is 0 Å². The average molecular weight is 351 g/mol. The number of amides is 1. The number of carbonyl (C=O) groups is 2. The van der Waals surface area contributed by atoms with Crippen molar-refractivity contribution in [1.29, 1.82) is 0 Å². The number of anilines is 1. The van der Waals surface area contributed by atoms with Crippen LogP contribution in [-0.2, 0) is 0 Å². The van der Waals surface area contributed by atoms with Crippen molar-refractivity contribution in [3.05, 3.63) is 50.8 Å². The number of hydrogen-bond donors (Lipinski definition) is 3. The lowest BCUT2D eigenvalue weighted by Gasteiger charge is -2.09. The Morgan fingerprint density at radius 3 is 2.48 bits per heavy atom. The molecule has 1 aromatic carbocycles. The third-order valence-corrected chi connectivity index (χ3v) is 4.37. The van der Waals surface area contributed by atoms with Gasteiger partial charge in [-0.05, 0) is 53.9 Å². The molecule has 0 radical (unpaired) electrons. The number of hydrogen-bond acceptors (Lipinski definition) is 2. The van der Waals surface area contributed by atoms with Gasteiger partial charge in [-0.15, -0.1) is 0 Å². The summed E-state index contributed by atoms with van der Waals surface area (Å²) in [5, 5.41) is 11.9. The number of nitrogens with one attached hydrogen (secondary N) is 2. The Hall–Kier alpha value is -2.08. The third kappa shape index (κ3) is 2.85. The Balaban J connectivity index is 2.38. The van der Waals surface area contributed by atoms with E-state index in [0.29, 0.717) is 22.5 Å². The van der Waals surface area contributed by atoms with Gasteiger partial charge in [0.1, 0.15) is 5.69 Å². The smallest absolute Gasteiger partial charge is 0.352 e. The Morgan fingerprint density at radius 1 is 1.24 bits per heavy atom. The summed E-state index contributed by atoms with van der Waals surface area (Å²) < 4.78 is 0.808. The van der Waals surface area contributed by atoms with E-state index in [1.165, 1.54) is 0 Å². The van der Waals surface area contributed by atoms with Crippen molar-refractivity contribution in [2.45, 2.75) is 20.8 Å². The molecular weight excluding hydrogens is 336 g/mol. The molecule has 0 aliphatic heterocycles. The van der Waals surface area contributed by atoms with Gasteiger partial charge in [0.15, 0.2) is 0 Å². The van der Waals surface area contributed by atoms with Crippen LogP contribution < -0.4 is 5.32 Å². The van der Waals surface area contributed by atoms with Crippen molar-refractivity contribution in [3.63, 3.8) is 0 Å². The molecule has 0 saturated heterocycles. The first-order valence-corrected chi connectivity index (χ1v) is 7.11. The highest BCUT2D eigenvalue weighted by molar-refractivity contribution is 9.10. The van der Waals surface area contributed by atoms with Gasteiger partial charge in [0.05, 0.1) is 11.3 Å². The van der Waals surface area contributed by atoms with E-state index in [1.54, 1.807) is 19.9 Å². The molecule has 0 bridgehead atoms. The van der Waals surface area contributed by atoms with Crippen molar-refractivity contribution in [3.8, 4) is 0 Å². The topological polar surface area (TPSA) is 82.2 Å². The number of H-pyrrole nitrogens is 1. The van der Waals surface area contributed by atoms with Crippen LogP contribution in [0.4, 0.5) is 5.69 Å². The zero-order chi connectivity index (χ0) is 15.7. The zero-order valence-corrected chi connectivity index (χ0v) is 13.5. The summed E-state index contributed by atoms with van der Waals surface area (Å²) in [7, 11) is 0. The summed E-state index contributed by atoms with van der Waals surface area (Å²) in [5.74, 6) is -1.41. The van der Waals surface area contributed by atoms with Crippen LogP contribution in [0.2, 0.25) is 0 Å². The van der Waals surface area contributed by atoms with Gasteiger partial charge >= 0.3 is 5.97 Å². The number of aryl methyl sites for hydroxylation is 2. The lowest BCUT2D eigenvalue weighted by Crippen LogP contribution is -2.14. The van der Waals surface area contributed by atoms with Crippen LogP contribution in [0, 0.1) is 20.8 Å². The minimum atomic E-state index is -1.08. The summed E-state index contributed by atoms with van der Waals surface area (Å²) >= 11 is 3.43. The molecule has 21 heavy (non-hydrogen) atoms. The van der Waals surface area contributed by atoms with Gasteiger partial charge in [-0.25, -0.2) is 4.79 Å². The molecule has 0 saturated carbocycles. The Labute approximate surface area is 130 Å². The first-order chi connectivity index (χ1) is 9.82. The van der Waals surface area contributed by atoms with Gasteiger partial charge in [0.2, 0.25) is 0 Å². The molecule has 6 heteroatoms. The number of benzene rings is 1. The molecule has 3 N–H and O–H groups in total. The Bertz CT molecular complexity index is 735. The van der Waals surface area contributed by atoms with E-state index < -0.39 is 5.97 Å². The van der Waals surface area contributed by atoms with Gasteiger partial charge in [-0.3, -0.25) is 4.79 Å². The number of aromatic nitrogens is 1. The van der Waals surface area contributed by atoms with Crippen molar-refractivity contribution < 1.29 is 14.7 Å². The van der Waals surface area contributed by atoms with Crippen LogP contribution in [-0.4, -0.2) is 22.0 Å². The molecule has 0 aliphatic rings. The highest BCUT2D eigenvalue weighted by atomic mass is 79.9. The average Bonchev–Trinajstić information content (AvgIpc) is 2.70. The molecule has 2 rings (SSSR count). The maximum Gasteiger partial charge on any atom is 0.352 e. The molecule has 1 aromatic heterocycles. The van der Waals surface area contributed by atoms with Gasteiger partial charge in [-0.1, -0.05) is 12.1 Å². The van der Waals surface area contributed by atoms with E-state index in [1.807, 2.05) is 19.1 Å². The number of carbonyl (C=O) groups excluding carboxylic acids is 1. The van der Waals surface area contributed by atoms with E-state index in [9.17, 15) is 9.59 Å². The Morgan fingerprint density at radius 2 is 1.90 bits per heavy atom. The zero-order valence-electron chi connectivity index (χ0n) is 11.9. The van der Waals surface area contributed by atoms with Crippen LogP contribution in [0.3, 0.4) is 0 Å². The van der Waals surface area contributed by atoms with Crippen LogP contribution in [0.25, 0.3) is 0 Å². The van der Waals surface area contributed by atoms with Crippen LogP contribution in [0.5, 0.6) is 0 Å². The second-order valence-electron chi connectivity index (χ2n) is 4.82.